The second kappa shape index (κ2) is 5.01. The largest absolute Gasteiger partial charge is 0.450 e. The van der Waals surface area contributed by atoms with E-state index in [0.717, 1.165) is 6.29 Å². The highest BCUT2D eigenvalue weighted by Crippen LogP contribution is 2.09. The van der Waals surface area contributed by atoms with Crippen molar-refractivity contribution < 1.29 is 14.3 Å². The number of ether oxygens (including phenoxy) is 1. The Morgan fingerprint density at radius 2 is 2.36 bits per heavy atom. The van der Waals surface area contributed by atoms with Crippen molar-refractivity contribution in [1.29, 1.82) is 0 Å². The van der Waals surface area contributed by atoms with Crippen LogP contribution in [0.2, 0.25) is 0 Å². The molecule has 0 heterocycles. The van der Waals surface area contributed by atoms with Crippen LogP contribution in [-0.4, -0.2) is 19.0 Å². The molecule has 0 aliphatic heterocycles. The lowest BCUT2D eigenvalue weighted by Gasteiger charge is -2.04. The van der Waals surface area contributed by atoms with Crippen LogP contribution < -0.4 is 5.32 Å². The van der Waals surface area contributed by atoms with Gasteiger partial charge in [-0.25, -0.2) is 4.79 Å². The summed E-state index contributed by atoms with van der Waals surface area (Å²) in [5.74, 6) is 0. The Hall–Kier alpha value is -1.84. The van der Waals surface area contributed by atoms with Crippen molar-refractivity contribution in [3.05, 3.63) is 29.8 Å². The first kappa shape index (κ1) is 10.2. The van der Waals surface area contributed by atoms with Gasteiger partial charge in [0.15, 0.2) is 0 Å². The Morgan fingerprint density at radius 1 is 1.57 bits per heavy atom. The van der Waals surface area contributed by atoms with Gasteiger partial charge in [-0.15, -0.1) is 0 Å². The summed E-state index contributed by atoms with van der Waals surface area (Å²) < 4.78 is 4.68. The average Bonchev–Trinajstić information content (AvgIpc) is 2.18. The number of rotatable bonds is 3. The summed E-state index contributed by atoms with van der Waals surface area (Å²) in [6.45, 7) is 2.04. The molecule has 74 valence electrons. The lowest BCUT2D eigenvalue weighted by Crippen LogP contribution is -2.13. The van der Waals surface area contributed by atoms with Crippen LogP contribution >= 0.6 is 0 Å². The monoisotopic (exact) mass is 193 g/mol. The molecule has 0 atom stereocenters. The maximum atomic E-state index is 11.0. The molecular formula is C10H11NO3. The SMILES string of the molecule is CCOC(=O)Nc1cccc(C=O)c1. The second-order valence-electron chi connectivity index (χ2n) is 2.59. The van der Waals surface area contributed by atoms with Crippen molar-refractivity contribution in [3.63, 3.8) is 0 Å². The molecule has 14 heavy (non-hydrogen) atoms. The van der Waals surface area contributed by atoms with Gasteiger partial charge in [-0.2, -0.15) is 0 Å². The molecule has 0 aliphatic carbocycles. The number of hydrogen-bond donors (Lipinski definition) is 1. The average molecular weight is 193 g/mol. The first-order chi connectivity index (χ1) is 6.76. The first-order valence-electron chi connectivity index (χ1n) is 4.25. The highest BCUT2D eigenvalue weighted by molar-refractivity contribution is 5.86. The number of nitrogens with one attached hydrogen (secondary N) is 1. The van der Waals surface area contributed by atoms with Gasteiger partial charge in [0.2, 0.25) is 0 Å². The van der Waals surface area contributed by atoms with Crippen LogP contribution in [-0.2, 0) is 4.74 Å². The van der Waals surface area contributed by atoms with Gasteiger partial charge in [-0.05, 0) is 19.1 Å². The first-order valence-corrected chi connectivity index (χ1v) is 4.25. The predicted octanol–water partition coefficient (Wildman–Crippen LogP) is 2.07. The maximum absolute atomic E-state index is 11.0. The van der Waals surface area contributed by atoms with Gasteiger partial charge in [0, 0.05) is 11.3 Å². The van der Waals surface area contributed by atoms with Crippen molar-refractivity contribution >= 4 is 18.1 Å². The Morgan fingerprint density at radius 3 is 3.00 bits per heavy atom. The van der Waals surface area contributed by atoms with Gasteiger partial charge in [-0.3, -0.25) is 10.1 Å². The zero-order valence-corrected chi connectivity index (χ0v) is 7.82. The van der Waals surface area contributed by atoms with E-state index in [2.05, 4.69) is 10.1 Å². The van der Waals surface area contributed by atoms with Crippen molar-refractivity contribution in [2.45, 2.75) is 6.92 Å². The molecule has 0 fully saturated rings. The van der Waals surface area contributed by atoms with E-state index >= 15 is 0 Å². The fourth-order valence-electron chi connectivity index (χ4n) is 0.975. The molecule has 0 saturated carbocycles. The van der Waals surface area contributed by atoms with E-state index in [0.29, 0.717) is 17.9 Å². The van der Waals surface area contributed by atoms with E-state index in [1.54, 1.807) is 31.2 Å². The molecule has 0 bridgehead atoms. The van der Waals surface area contributed by atoms with Gasteiger partial charge in [0.05, 0.1) is 6.61 Å². The van der Waals surface area contributed by atoms with Crippen LogP contribution in [0.1, 0.15) is 17.3 Å². The van der Waals surface area contributed by atoms with E-state index in [-0.39, 0.29) is 0 Å². The summed E-state index contributed by atoms with van der Waals surface area (Å²) in [5.41, 5.74) is 1.06. The molecule has 0 aliphatic rings. The minimum Gasteiger partial charge on any atom is -0.450 e. The van der Waals surface area contributed by atoms with Crippen LogP contribution in [0.5, 0.6) is 0 Å². The van der Waals surface area contributed by atoms with Crippen LogP contribution in [0.15, 0.2) is 24.3 Å². The molecule has 0 saturated heterocycles. The van der Waals surface area contributed by atoms with Crippen LogP contribution in [0, 0.1) is 0 Å². The lowest BCUT2D eigenvalue weighted by molar-refractivity contribution is 0.112. The Labute approximate surface area is 81.9 Å². The molecule has 0 spiro atoms. The zero-order chi connectivity index (χ0) is 10.4. The number of carbonyl (C=O) groups is 2. The highest BCUT2D eigenvalue weighted by Gasteiger charge is 2.01. The maximum Gasteiger partial charge on any atom is 0.411 e. The third kappa shape index (κ3) is 2.90. The predicted molar refractivity (Wildman–Crippen MR) is 52.5 cm³/mol. The number of benzene rings is 1. The zero-order valence-electron chi connectivity index (χ0n) is 7.82. The van der Waals surface area contributed by atoms with E-state index in [1.807, 2.05) is 0 Å². The van der Waals surface area contributed by atoms with Crippen molar-refractivity contribution in [3.8, 4) is 0 Å². The fourth-order valence-corrected chi connectivity index (χ4v) is 0.975. The highest BCUT2D eigenvalue weighted by atomic mass is 16.5. The van der Waals surface area contributed by atoms with Gasteiger partial charge >= 0.3 is 6.09 Å². The summed E-state index contributed by atoms with van der Waals surface area (Å²) in [7, 11) is 0. The number of carbonyl (C=O) groups excluding carboxylic acids is 2. The number of hydrogen-bond acceptors (Lipinski definition) is 3. The Bertz CT molecular complexity index is 336. The number of amides is 1. The number of anilines is 1. The lowest BCUT2D eigenvalue weighted by atomic mass is 10.2. The molecule has 0 aromatic heterocycles. The molecule has 1 aromatic carbocycles. The van der Waals surface area contributed by atoms with Gasteiger partial charge < -0.3 is 4.74 Å². The third-order valence-electron chi connectivity index (χ3n) is 1.54. The van der Waals surface area contributed by atoms with E-state index in [4.69, 9.17) is 0 Å². The minimum atomic E-state index is -0.518. The van der Waals surface area contributed by atoms with Crippen LogP contribution in [0.3, 0.4) is 0 Å². The molecule has 4 heteroatoms. The van der Waals surface area contributed by atoms with Crippen molar-refractivity contribution in [1.82, 2.24) is 0 Å². The smallest absolute Gasteiger partial charge is 0.411 e. The topological polar surface area (TPSA) is 55.4 Å². The molecule has 4 nitrogen and oxygen atoms in total. The standard InChI is InChI=1S/C10H11NO3/c1-2-14-10(13)11-9-5-3-4-8(6-9)7-12/h3-7H,2H2,1H3,(H,11,13). The van der Waals surface area contributed by atoms with Crippen LogP contribution in [0.4, 0.5) is 10.5 Å². The third-order valence-corrected chi connectivity index (χ3v) is 1.54. The van der Waals surface area contributed by atoms with Crippen LogP contribution in [0.25, 0.3) is 0 Å². The number of aldehydes is 1. The molecule has 1 amide bonds. The molecule has 0 radical (unpaired) electrons. The summed E-state index contributed by atoms with van der Waals surface area (Å²) in [5, 5.41) is 2.50. The van der Waals surface area contributed by atoms with E-state index in [9.17, 15) is 9.59 Å². The molecule has 1 aromatic rings. The molecule has 0 unspecified atom stereocenters. The van der Waals surface area contributed by atoms with E-state index < -0.39 is 6.09 Å². The summed E-state index contributed by atoms with van der Waals surface area (Å²) in [6.07, 6.45) is 0.201. The van der Waals surface area contributed by atoms with E-state index in [1.165, 1.54) is 0 Å². The van der Waals surface area contributed by atoms with Gasteiger partial charge in [0.25, 0.3) is 0 Å². The Kier molecular flexibility index (Phi) is 3.67. The molecular weight excluding hydrogens is 182 g/mol. The quantitative estimate of drug-likeness (QED) is 0.747. The van der Waals surface area contributed by atoms with Crippen molar-refractivity contribution in [2.24, 2.45) is 0 Å². The van der Waals surface area contributed by atoms with Gasteiger partial charge in [-0.1, -0.05) is 12.1 Å². The summed E-state index contributed by atoms with van der Waals surface area (Å²) >= 11 is 0. The molecule has 1 N–H and O–H groups in total. The second-order valence-corrected chi connectivity index (χ2v) is 2.59. The fraction of sp³-hybridized carbons (Fsp3) is 0.200. The normalized spacial score (nSPS) is 9.21. The summed E-state index contributed by atoms with van der Waals surface area (Å²) in [6, 6.07) is 6.60. The Balaban J connectivity index is 2.66. The van der Waals surface area contributed by atoms with Gasteiger partial charge in [0.1, 0.15) is 6.29 Å². The summed E-state index contributed by atoms with van der Waals surface area (Å²) in [4.78, 5) is 21.4. The van der Waals surface area contributed by atoms with Crippen molar-refractivity contribution in [2.75, 3.05) is 11.9 Å². The minimum absolute atomic E-state index is 0.319. The molecule has 1 rings (SSSR count).